The molecule has 2 aromatic heterocycles. The van der Waals surface area contributed by atoms with Gasteiger partial charge in [0.05, 0.1) is 17.8 Å². The molecule has 2 heterocycles. The molecule has 28 heavy (non-hydrogen) atoms. The van der Waals surface area contributed by atoms with Crippen molar-refractivity contribution in [1.29, 1.82) is 0 Å². The van der Waals surface area contributed by atoms with E-state index in [0.717, 1.165) is 24.4 Å². The molecule has 0 spiro atoms. The van der Waals surface area contributed by atoms with Crippen LogP contribution >= 0.6 is 23.2 Å². The van der Waals surface area contributed by atoms with Crippen molar-refractivity contribution in [3.05, 3.63) is 81.1 Å². The Kier molecular flexibility index (Phi) is 6.67. The maximum absolute atomic E-state index is 11.2. The fraction of sp³-hybridized carbons (Fsp3) is 0.250. The van der Waals surface area contributed by atoms with Crippen molar-refractivity contribution in [3.8, 4) is 0 Å². The lowest BCUT2D eigenvalue weighted by Crippen LogP contribution is -2.18. The van der Waals surface area contributed by atoms with E-state index in [1.54, 1.807) is 31.3 Å². The van der Waals surface area contributed by atoms with Gasteiger partial charge in [0.1, 0.15) is 5.82 Å². The SMILES string of the molecule is Cc1cc(C(=O)O)cc(CNCc2nccn2CCc2cc(Cl)cc(Cl)c2)n1. The minimum atomic E-state index is -0.955. The van der Waals surface area contributed by atoms with Crippen molar-refractivity contribution in [2.45, 2.75) is 33.0 Å². The van der Waals surface area contributed by atoms with E-state index in [1.807, 2.05) is 18.3 Å². The lowest BCUT2D eigenvalue weighted by molar-refractivity contribution is 0.0696. The number of imidazole rings is 1. The Labute approximate surface area is 173 Å². The number of rotatable bonds is 8. The van der Waals surface area contributed by atoms with Gasteiger partial charge in [-0.15, -0.1) is 0 Å². The molecule has 0 fully saturated rings. The first kappa shape index (κ1) is 20.3. The van der Waals surface area contributed by atoms with Crippen LogP contribution in [0.2, 0.25) is 10.0 Å². The average Bonchev–Trinajstić information content (AvgIpc) is 3.06. The molecule has 0 saturated heterocycles. The van der Waals surface area contributed by atoms with E-state index in [4.69, 9.17) is 28.3 Å². The Morgan fingerprint density at radius 2 is 1.89 bits per heavy atom. The third-order valence-electron chi connectivity index (χ3n) is 4.21. The summed E-state index contributed by atoms with van der Waals surface area (Å²) in [7, 11) is 0. The molecular formula is C20H20Cl2N4O2. The van der Waals surface area contributed by atoms with E-state index in [1.165, 1.54) is 0 Å². The minimum absolute atomic E-state index is 0.242. The van der Waals surface area contributed by atoms with Crippen molar-refractivity contribution in [2.24, 2.45) is 0 Å². The first-order valence-electron chi connectivity index (χ1n) is 8.77. The summed E-state index contributed by atoms with van der Waals surface area (Å²) < 4.78 is 2.06. The molecule has 8 heteroatoms. The fourth-order valence-electron chi connectivity index (χ4n) is 2.97. The van der Waals surface area contributed by atoms with Gasteiger partial charge in [0.2, 0.25) is 0 Å². The highest BCUT2D eigenvalue weighted by Gasteiger charge is 2.08. The summed E-state index contributed by atoms with van der Waals surface area (Å²) in [5, 5.41) is 13.7. The van der Waals surface area contributed by atoms with E-state index in [0.29, 0.717) is 34.5 Å². The lowest BCUT2D eigenvalue weighted by atomic mass is 10.1. The molecule has 3 aromatic rings. The van der Waals surface area contributed by atoms with Crippen LogP contribution in [0.1, 0.15) is 33.1 Å². The van der Waals surface area contributed by atoms with Crippen LogP contribution in [0.4, 0.5) is 0 Å². The Hall–Kier alpha value is -2.41. The number of hydrogen-bond acceptors (Lipinski definition) is 4. The van der Waals surface area contributed by atoms with Crippen LogP contribution < -0.4 is 5.32 Å². The zero-order valence-corrected chi connectivity index (χ0v) is 16.8. The Bertz CT molecular complexity index is 968. The second kappa shape index (κ2) is 9.19. The van der Waals surface area contributed by atoms with Crippen LogP contribution in [0.25, 0.3) is 0 Å². The number of aryl methyl sites for hydroxylation is 3. The highest BCUT2D eigenvalue weighted by molar-refractivity contribution is 6.34. The van der Waals surface area contributed by atoms with Gasteiger partial charge in [-0.05, 0) is 49.2 Å². The van der Waals surface area contributed by atoms with Crippen molar-refractivity contribution < 1.29 is 9.90 Å². The Morgan fingerprint density at radius 3 is 2.61 bits per heavy atom. The average molecular weight is 419 g/mol. The van der Waals surface area contributed by atoms with E-state index in [2.05, 4.69) is 19.9 Å². The maximum atomic E-state index is 11.2. The Balaban J connectivity index is 1.58. The summed E-state index contributed by atoms with van der Waals surface area (Å²) in [6.07, 6.45) is 4.47. The number of aromatic carboxylic acids is 1. The molecule has 1 aromatic carbocycles. The number of hydrogen-bond donors (Lipinski definition) is 2. The number of carboxylic acid groups (broad SMARTS) is 1. The monoisotopic (exact) mass is 418 g/mol. The molecule has 0 atom stereocenters. The van der Waals surface area contributed by atoms with E-state index in [-0.39, 0.29) is 5.56 Å². The molecule has 0 unspecified atom stereocenters. The highest BCUT2D eigenvalue weighted by Crippen LogP contribution is 2.19. The van der Waals surface area contributed by atoms with Crippen LogP contribution in [0, 0.1) is 6.92 Å². The first-order valence-corrected chi connectivity index (χ1v) is 9.53. The summed E-state index contributed by atoms with van der Waals surface area (Å²) in [6.45, 7) is 3.53. The van der Waals surface area contributed by atoms with Gasteiger partial charge >= 0.3 is 5.97 Å². The van der Waals surface area contributed by atoms with Crippen LogP contribution in [0.3, 0.4) is 0 Å². The van der Waals surface area contributed by atoms with Crippen LogP contribution in [0.15, 0.2) is 42.7 Å². The molecule has 3 rings (SSSR count). The number of halogens is 2. The molecule has 0 radical (unpaired) electrons. The molecule has 146 valence electrons. The summed E-state index contributed by atoms with van der Waals surface area (Å²) in [6, 6.07) is 8.67. The minimum Gasteiger partial charge on any atom is -0.478 e. The van der Waals surface area contributed by atoms with E-state index >= 15 is 0 Å². The summed E-state index contributed by atoms with van der Waals surface area (Å²) in [5.74, 6) is -0.0670. The number of pyridine rings is 1. The second-order valence-electron chi connectivity index (χ2n) is 6.46. The fourth-order valence-corrected chi connectivity index (χ4v) is 3.54. The number of carbonyl (C=O) groups is 1. The van der Waals surface area contributed by atoms with Gasteiger partial charge in [0.15, 0.2) is 0 Å². The number of aromatic nitrogens is 3. The highest BCUT2D eigenvalue weighted by atomic mass is 35.5. The maximum Gasteiger partial charge on any atom is 0.335 e. The first-order chi connectivity index (χ1) is 13.4. The van der Waals surface area contributed by atoms with Crippen LogP contribution in [-0.2, 0) is 26.1 Å². The molecule has 0 aliphatic carbocycles. The van der Waals surface area contributed by atoms with Gasteiger partial charge in [-0.3, -0.25) is 4.98 Å². The Morgan fingerprint density at radius 1 is 1.14 bits per heavy atom. The number of nitrogens with one attached hydrogen (secondary N) is 1. The predicted molar refractivity (Wildman–Crippen MR) is 109 cm³/mol. The number of benzene rings is 1. The zero-order chi connectivity index (χ0) is 20.1. The predicted octanol–water partition coefficient (Wildman–Crippen LogP) is 4.12. The lowest BCUT2D eigenvalue weighted by Gasteiger charge is -2.10. The number of nitrogens with zero attached hydrogens (tertiary/aromatic N) is 3. The molecular weight excluding hydrogens is 399 g/mol. The van der Waals surface area contributed by atoms with Gasteiger partial charge in [-0.2, -0.15) is 0 Å². The summed E-state index contributed by atoms with van der Waals surface area (Å²) in [5.41, 5.74) is 2.67. The molecule has 0 bridgehead atoms. The normalized spacial score (nSPS) is 11.0. The second-order valence-corrected chi connectivity index (χ2v) is 7.33. The molecule has 0 amide bonds. The molecule has 0 aliphatic heterocycles. The van der Waals surface area contributed by atoms with Crippen molar-refractivity contribution >= 4 is 29.2 Å². The third kappa shape index (κ3) is 5.55. The molecule has 0 aliphatic rings. The van der Waals surface area contributed by atoms with Gasteiger partial charge in [0, 0.05) is 41.2 Å². The van der Waals surface area contributed by atoms with Gasteiger partial charge in [0.25, 0.3) is 0 Å². The van der Waals surface area contributed by atoms with E-state index < -0.39 is 5.97 Å². The largest absolute Gasteiger partial charge is 0.478 e. The van der Waals surface area contributed by atoms with Gasteiger partial charge in [-0.25, -0.2) is 9.78 Å². The quantitative estimate of drug-likeness (QED) is 0.574. The molecule has 2 N–H and O–H groups in total. The van der Waals surface area contributed by atoms with Gasteiger partial charge in [-0.1, -0.05) is 23.2 Å². The topological polar surface area (TPSA) is 80.0 Å². The standard InChI is InChI=1S/C20H20Cl2N4O2/c1-13-6-15(20(27)28)9-18(25-13)11-23-12-19-24-3-5-26(19)4-2-14-7-16(21)10-17(22)8-14/h3,5-10,23H,2,4,11-12H2,1H3,(H,27,28). The summed E-state index contributed by atoms with van der Waals surface area (Å²) >= 11 is 12.1. The van der Waals surface area contributed by atoms with E-state index in [9.17, 15) is 4.79 Å². The van der Waals surface area contributed by atoms with Crippen LogP contribution in [0.5, 0.6) is 0 Å². The summed E-state index contributed by atoms with van der Waals surface area (Å²) in [4.78, 5) is 19.9. The zero-order valence-electron chi connectivity index (χ0n) is 15.3. The van der Waals surface area contributed by atoms with Crippen molar-refractivity contribution in [3.63, 3.8) is 0 Å². The van der Waals surface area contributed by atoms with Crippen molar-refractivity contribution in [2.75, 3.05) is 0 Å². The smallest absolute Gasteiger partial charge is 0.335 e. The van der Waals surface area contributed by atoms with Gasteiger partial charge < -0.3 is 15.0 Å². The molecule has 0 saturated carbocycles. The number of carboxylic acids is 1. The van der Waals surface area contributed by atoms with Crippen LogP contribution in [-0.4, -0.2) is 25.6 Å². The van der Waals surface area contributed by atoms with Crippen molar-refractivity contribution in [1.82, 2.24) is 19.9 Å². The third-order valence-corrected chi connectivity index (χ3v) is 4.64. The molecule has 6 nitrogen and oxygen atoms in total.